The van der Waals surface area contributed by atoms with Crippen LogP contribution in [0.4, 0.5) is 0 Å². The van der Waals surface area contributed by atoms with Crippen LogP contribution in [0.15, 0.2) is 18.2 Å². The number of hydrogen-bond acceptors (Lipinski definition) is 2. The first-order chi connectivity index (χ1) is 9.19. The topological polar surface area (TPSA) is 15.3 Å². The molecule has 1 aliphatic heterocycles. The first-order valence-electron chi connectivity index (χ1n) is 7.73. The van der Waals surface area contributed by atoms with Crippen LogP contribution in [-0.4, -0.2) is 31.1 Å². The first kappa shape index (κ1) is 14.5. The Morgan fingerprint density at radius 2 is 1.74 bits per heavy atom. The van der Waals surface area contributed by atoms with Crippen molar-refractivity contribution >= 4 is 0 Å². The maximum absolute atomic E-state index is 3.65. The van der Waals surface area contributed by atoms with Crippen LogP contribution in [0, 0.1) is 13.8 Å². The van der Waals surface area contributed by atoms with E-state index in [9.17, 15) is 0 Å². The molecule has 1 heterocycles. The maximum Gasteiger partial charge on any atom is 0.0332 e. The molecule has 0 saturated carbocycles. The van der Waals surface area contributed by atoms with Gasteiger partial charge in [0.1, 0.15) is 0 Å². The zero-order valence-corrected chi connectivity index (χ0v) is 12.7. The minimum absolute atomic E-state index is 0.504. The van der Waals surface area contributed by atoms with Crippen molar-refractivity contribution in [2.75, 3.05) is 26.2 Å². The average molecular weight is 260 g/mol. The Morgan fingerprint density at radius 1 is 1.11 bits per heavy atom. The Kier molecular flexibility index (Phi) is 5.41. The van der Waals surface area contributed by atoms with E-state index in [0.717, 1.165) is 6.54 Å². The van der Waals surface area contributed by atoms with E-state index in [1.54, 1.807) is 0 Å². The number of nitrogens with zero attached hydrogens (tertiary/aromatic N) is 1. The van der Waals surface area contributed by atoms with Gasteiger partial charge in [0.05, 0.1) is 0 Å². The molecule has 1 fully saturated rings. The van der Waals surface area contributed by atoms with Gasteiger partial charge in [-0.25, -0.2) is 0 Å². The number of likely N-dealkylation sites (tertiary alicyclic amines) is 1. The minimum Gasteiger partial charge on any atom is -0.310 e. The summed E-state index contributed by atoms with van der Waals surface area (Å²) in [6.07, 6.45) is 3.99. The molecule has 1 unspecified atom stereocenters. The van der Waals surface area contributed by atoms with Crippen LogP contribution in [0.2, 0.25) is 0 Å². The fourth-order valence-corrected chi connectivity index (χ4v) is 3.16. The average Bonchev–Trinajstić information content (AvgIpc) is 2.86. The summed E-state index contributed by atoms with van der Waals surface area (Å²) >= 11 is 0. The van der Waals surface area contributed by atoms with E-state index >= 15 is 0 Å². The molecular formula is C17H28N2. The molecule has 1 aliphatic rings. The Hall–Kier alpha value is -0.860. The molecule has 0 aliphatic carbocycles. The van der Waals surface area contributed by atoms with E-state index in [0.29, 0.717) is 6.04 Å². The quantitative estimate of drug-likeness (QED) is 0.843. The normalized spacial score (nSPS) is 17.8. The molecule has 19 heavy (non-hydrogen) atoms. The fraction of sp³-hybridized carbons (Fsp3) is 0.647. The molecule has 0 aromatic heterocycles. The Morgan fingerprint density at radius 3 is 2.32 bits per heavy atom. The SMILES string of the molecule is CCNC(CCN1CCCC1)c1cc(C)cc(C)c1. The summed E-state index contributed by atoms with van der Waals surface area (Å²) in [5, 5.41) is 3.65. The lowest BCUT2D eigenvalue weighted by atomic mass is 9.99. The van der Waals surface area contributed by atoms with Crippen LogP contribution >= 0.6 is 0 Å². The molecule has 1 atom stereocenters. The minimum atomic E-state index is 0.504. The molecule has 106 valence electrons. The lowest BCUT2D eigenvalue weighted by Gasteiger charge is -2.23. The summed E-state index contributed by atoms with van der Waals surface area (Å²) in [7, 11) is 0. The summed E-state index contributed by atoms with van der Waals surface area (Å²) in [6, 6.07) is 7.44. The number of nitrogens with one attached hydrogen (secondary N) is 1. The first-order valence-corrected chi connectivity index (χ1v) is 7.73. The molecule has 0 radical (unpaired) electrons. The highest BCUT2D eigenvalue weighted by atomic mass is 15.1. The highest BCUT2D eigenvalue weighted by Gasteiger charge is 2.16. The number of hydrogen-bond donors (Lipinski definition) is 1. The van der Waals surface area contributed by atoms with Gasteiger partial charge in [-0.3, -0.25) is 0 Å². The molecular weight excluding hydrogens is 232 g/mol. The van der Waals surface area contributed by atoms with Gasteiger partial charge in [-0.2, -0.15) is 0 Å². The van der Waals surface area contributed by atoms with Gasteiger partial charge in [0.25, 0.3) is 0 Å². The molecule has 0 spiro atoms. The van der Waals surface area contributed by atoms with Crippen LogP contribution in [0.5, 0.6) is 0 Å². The van der Waals surface area contributed by atoms with Crippen molar-refractivity contribution in [2.45, 2.75) is 46.1 Å². The van der Waals surface area contributed by atoms with Gasteiger partial charge >= 0.3 is 0 Å². The van der Waals surface area contributed by atoms with Crippen LogP contribution in [0.25, 0.3) is 0 Å². The summed E-state index contributed by atoms with van der Waals surface area (Å²) < 4.78 is 0. The molecule has 0 bridgehead atoms. The van der Waals surface area contributed by atoms with Crippen molar-refractivity contribution in [3.8, 4) is 0 Å². The highest BCUT2D eigenvalue weighted by Crippen LogP contribution is 2.21. The molecule has 1 N–H and O–H groups in total. The van der Waals surface area contributed by atoms with Gasteiger partial charge in [-0.15, -0.1) is 0 Å². The van der Waals surface area contributed by atoms with Crippen molar-refractivity contribution in [2.24, 2.45) is 0 Å². The van der Waals surface area contributed by atoms with Crippen LogP contribution < -0.4 is 5.32 Å². The summed E-state index contributed by atoms with van der Waals surface area (Å²) in [6.45, 7) is 11.4. The van der Waals surface area contributed by atoms with Crippen LogP contribution in [-0.2, 0) is 0 Å². The van der Waals surface area contributed by atoms with Gasteiger partial charge < -0.3 is 10.2 Å². The third kappa shape index (κ3) is 4.32. The maximum atomic E-state index is 3.65. The molecule has 0 amide bonds. The van der Waals surface area contributed by atoms with E-state index in [1.807, 2.05) is 0 Å². The zero-order valence-electron chi connectivity index (χ0n) is 12.7. The van der Waals surface area contributed by atoms with Gasteiger partial charge in [0.2, 0.25) is 0 Å². The molecule has 2 rings (SSSR count). The van der Waals surface area contributed by atoms with Crippen LogP contribution in [0.1, 0.15) is 48.9 Å². The van der Waals surface area contributed by atoms with E-state index in [4.69, 9.17) is 0 Å². The van der Waals surface area contributed by atoms with Gasteiger partial charge in [-0.05, 0) is 64.9 Å². The largest absolute Gasteiger partial charge is 0.310 e. The zero-order chi connectivity index (χ0) is 13.7. The predicted octanol–water partition coefficient (Wildman–Crippen LogP) is 3.44. The predicted molar refractivity (Wildman–Crippen MR) is 82.6 cm³/mol. The van der Waals surface area contributed by atoms with E-state index in [-0.39, 0.29) is 0 Å². The van der Waals surface area contributed by atoms with Crippen molar-refractivity contribution in [1.82, 2.24) is 10.2 Å². The molecule has 1 aromatic carbocycles. The third-order valence-electron chi connectivity index (χ3n) is 4.03. The second-order valence-electron chi connectivity index (χ2n) is 5.87. The van der Waals surface area contributed by atoms with Gasteiger partial charge in [0.15, 0.2) is 0 Å². The molecule has 2 heteroatoms. The smallest absolute Gasteiger partial charge is 0.0332 e. The lowest BCUT2D eigenvalue weighted by molar-refractivity contribution is 0.311. The van der Waals surface area contributed by atoms with Crippen molar-refractivity contribution in [3.05, 3.63) is 34.9 Å². The molecule has 1 saturated heterocycles. The Labute approximate surface area is 118 Å². The number of rotatable bonds is 6. The Balaban J connectivity index is 2.00. The highest BCUT2D eigenvalue weighted by molar-refractivity contribution is 5.30. The van der Waals surface area contributed by atoms with E-state index in [2.05, 4.69) is 49.2 Å². The second kappa shape index (κ2) is 7.06. The van der Waals surface area contributed by atoms with Gasteiger partial charge in [0, 0.05) is 6.04 Å². The summed E-state index contributed by atoms with van der Waals surface area (Å²) in [4.78, 5) is 2.60. The van der Waals surface area contributed by atoms with Crippen molar-refractivity contribution in [1.29, 1.82) is 0 Å². The molecule has 2 nitrogen and oxygen atoms in total. The lowest BCUT2D eigenvalue weighted by Crippen LogP contribution is -2.28. The second-order valence-corrected chi connectivity index (χ2v) is 5.87. The monoisotopic (exact) mass is 260 g/mol. The Bertz CT molecular complexity index is 374. The number of benzene rings is 1. The van der Waals surface area contributed by atoms with Crippen molar-refractivity contribution < 1.29 is 0 Å². The summed E-state index contributed by atoms with van der Waals surface area (Å²) in [5.74, 6) is 0. The molecule has 1 aromatic rings. The van der Waals surface area contributed by atoms with E-state index in [1.165, 1.54) is 55.6 Å². The number of aryl methyl sites for hydroxylation is 2. The summed E-state index contributed by atoms with van der Waals surface area (Å²) in [5.41, 5.74) is 4.21. The van der Waals surface area contributed by atoms with Crippen molar-refractivity contribution in [3.63, 3.8) is 0 Å². The fourth-order valence-electron chi connectivity index (χ4n) is 3.16. The van der Waals surface area contributed by atoms with Gasteiger partial charge in [-0.1, -0.05) is 36.2 Å². The van der Waals surface area contributed by atoms with Crippen LogP contribution in [0.3, 0.4) is 0 Å². The van der Waals surface area contributed by atoms with E-state index < -0.39 is 0 Å². The third-order valence-corrected chi connectivity index (χ3v) is 4.03. The standard InChI is InChI=1S/C17H28N2/c1-4-18-17(7-10-19-8-5-6-9-19)16-12-14(2)11-15(3)13-16/h11-13,17-18H,4-10H2,1-3H3.